The van der Waals surface area contributed by atoms with Gasteiger partial charge in [0.05, 0.1) is 33.0 Å². The molecular weight excluding hydrogens is 234 g/mol. The summed E-state index contributed by atoms with van der Waals surface area (Å²) >= 11 is 0. The second kappa shape index (κ2) is 9.85. The molecule has 0 aliphatic heterocycles. The predicted octanol–water partition coefficient (Wildman–Crippen LogP) is 0.550. The molecule has 0 saturated heterocycles. The van der Waals surface area contributed by atoms with Crippen LogP contribution in [-0.4, -0.2) is 44.7 Å². The summed E-state index contributed by atoms with van der Waals surface area (Å²) in [6.07, 6.45) is 0. The van der Waals surface area contributed by atoms with Crippen LogP contribution in [0.15, 0.2) is 24.3 Å². The lowest BCUT2D eigenvalue weighted by molar-refractivity contribution is 0.0388. The quantitative estimate of drug-likeness (QED) is 0.597. The fourth-order valence-electron chi connectivity index (χ4n) is 1.31. The van der Waals surface area contributed by atoms with Crippen LogP contribution in [0.4, 0.5) is 0 Å². The fourth-order valence-corrected chi connectivity index (χ4v) is 1.31. The molecule has 0 aliphatic carbocycles. The van der Waals surface area contributed by atoms with E-state index in [2.05, 4.69) is 0 Å². The number of benzene rings is 1. The Labute approximate surface area is 107 Å². The molecule has 0 radical (unpaired) electrons. The van der Waals surface area contributed by atoms with Gasteiger partial charge >= 0.3 is 0 Å². The molecule has 0 unspecified atom stereocenters. The molecule has 5 heteroatoms. The van der Waals surface area contributed by atoms with Gasteiger partial charge < -0.3 is 25.1 Å². The smallest absolute Gasteiger partial charge is 0.119 e. The highest BCUT2D eigenvalue weighted by Gasteiger charge is 1.95. The molecule has 102 valence electrons. The van der Waals surface area contributed by atoms with E-state index in [0.29, 0.717) is 39.6 Å². The van der Waals surface area contributed by atoms with Crippen LogP contribution in [0.5, 0.6) is 5.75 Å². The van der Waals surface area contributed by atoms with Gasteiger partial charge in [-0.25, -0.2) is 0 Å². The maximum atomic E-state index is 8.88. The Kier molecular flexibility index (Phi) is 8.16. The molecule has 1 rings (SSSR count). The van der Waals surface area contributed by atoms with Gasteiger partial charge in [0.25, 0.3) is 0 Å². The Morgan fingerprint density at radius 1 is 0.889 bits per heavy atom. The van der Waals surface area contributed by atoms with Gasteiger partial charge in [-0.15, -0.1) is 0 Å². The van der Waals surface area contributed by atoms with E-state index in [-0.39, 0.29) is 6.61 Å². The third-order valence-corrected chi connectivity index (χ3v) is 2.24. The maximum absolute atomic E-state index is 8.88. The van der Waals surface area contributed by atoms with E-state index in [4.69, 9.17) is 25.1 Å². The SMILES string of the molecule is NCCOCCOCCOc1ccc(CO)cc1. The largest absolute Gasteiger partial charge is 0.491 e. The summed E-state index contributed by atoms with van der Waals surface area (Å²) in [5, 5.41) is 8.88. The molecule has 0 bridgehead atoms. The van der Waals surface area contributed by atoms with Crippen molar-refractivity contribution in [3.8, 4) is 5.75 Å². The summed E-state index contributed by atoms with van der Waals surface area (Å²) in [5.41, 5.74) is 6.15. The first kappa shape index (κ1) is 14.9. The molecule has 0 aromatic heterocycles. The number of hydrogen-bond acceptors (Lipinski definition) is 5. The maximum Gasteiger partial charge on any atom is 0.119 e. The van der Waals surface area contributed by atoms with Crippen molar-refractivity contribution in [1.29, 1.82) is 0 Å². The van der Waals surface area contributed by atoms with Crippen LogP contribution in [0.1, 0.15) is 5.56 Å². The van der Waals surface area contributed by atoms with Gasteiger partial charge in [-0.2, -0.15) is 0 Å². The molecule has 1 aromatic carbocycles. The number of aliphatic hydroxyl groups is 1. The lowest BCUT2D eigenvalue weighted by atomic mass is 10.2. The van der Waals surface area contributed by atoms with E-state index < -0.39 is 0 Å². The molecule has 18 heavy (non-hydrogen) atoms. The monoisotopic (exact) mass is 255 g/mol. The molecule has 3 N–H and O–H groups in total. The van der Waals surface area contributed by atoms with Gasteiger partial charge in [0, 0.05) is 6.54 Å². The minimum absolute atomic E-state index is 0.0478. The number of aliphatic hydroxyl groups excluding tert-OH is 1. The highest BCUT2D eigenvalue weighted by molar-refractivity contribution is 5.26. The molecular formula is C13H21NO4. The minimum Gasteiger partial charge on any atom is -0.491 e. The summed E-state index contributed by atoms with van der Waals surface area (Å²) in [6, 6.07) is 7.32. The normalized spacial score (nSPS) is 10.6. The van der Waals surface area contributed by atoms with E-state index in [0.717, 1.165) is 11.3 Å². The highest BCUT2D eigenvalue weighted by atomic mass is 16.5. The van der Waals surface area contributed by atoms with Crippen LogP contribution in [0.2, 0.25) is 0 Å². The number of nitrogens with two attached hydrogens (primary N) is 1. The minimum atomic E-state index is 0.0478. The summed E-state index contributed by atoms with van der Waals surface area (Å²) < 4.78 is 15.9. The Bertz CT molecular complexity index is 302. The van der Waals surface area contributed by atoms with Gasteiger partial charge in [-0.3, -0.25) is 0 Å². The molecule has 0 spiro atoms. The molecule has 0 aliphatic rings. The third-order valence-electron chi connectivity index (χ3n) is 2.24. The second-order valence-corrected chi connectivity index (χ2v) is 3.66. The summed E-state index contributed by atoms with van der Waals surface area (Å²) in [6.45, 7) is 3.27. The van der Waals surface area contributed by atoms with E-state index >= 15 is 0 Å². The molecule has 0 fully saturated rings. The van der Waals surface area contributed by atoms with Crippen molar-refractivity contribution in [2.75, 3.05) is 39.6 Å². The van der Waals surface area contributed by atoms with Crippen molar-refractivity contribution in [3.63, 3.8) is 0 Å². The van der Waals surface area contributed by atoms with Crippen molar-refractivity contribution < 1.29 is 19.3 Å². The fraction of sp³-hybridized carbons (Fsp3) is 0.538. The van der Waals surface area contributed by atoms with Crippen molar-refractivity contribution in [1.82, 2.24) is 0 Å². The number of ether oxygens (including phenoxy) is 3. The Balaban J connectivity index is 2.00. The summed E-state index contributed by atoms with van der Waals surface area (Å²) in [5.74, 6) is 0.773. The molecule has 0 amide bonds. The first-order valence-corrected chi connectivity index (χ1v) is 6.05. The zero-order chi connectivity index (χ0) is 13.1. The first-order valence-electron chi connectivity index (χ1n) is 6.05. The van der Waals surface area contributed by atoms with Gasteiger partial charge in [0.15, 0.2) is 0 Å². The van der Waals surface area contributed by atoms with Crippen molar-refractivity contribution in [2.24, 2.45) is 5.73 Å². The number of rotatable bonds is 10. The average molecular weight is 255 g/mol. The molecule has 0 saturated carbocycles. The van der Waals surface area contributed by atoms with Gasteiger partial charge in [0.2, 0.25) is 0 Å². The van der Waals surface area contributed by atoms with Crippen LogP contribution < -0.4 is 10.5 Å². The molecule has 1 aromatic rings. The topological polar surface area (TPSA) is 73.9 Å². The zero-order valence-corrected chi connectivity index (χ0v) is 10.5. The number of hydrogen-bond donors (Lipinski definition) is 2. The average Bonchev–Trinajstić information content (AvgIpc) is 2.42. The first-order chi connectivity index (χ1) is 8.86. The van der Waals surface area contributed by atoms with Crippen molar-refractivity contribution in [3.05, 3.63) is 29.8 Å². The van der Waals surface area contributed by atoms with Crippen LogP contribution >= 0.6 is 0 Å². The summed E-state index contributed by atoms with van der Waals surface area (Å²) in [7, 11) is 0. The van der Waals surface area contributed by atoms with Crippen LogP contribution in [-0.2, 0) is 16.1 Å². The summed E-state index contributed by atoms with van der Waals surface area (Å²) in [4.78, 5) is 0. The van der Waals surface area contributed by atoms with E-state index in [1.54, 1.807) is 0 Å². The Hall–Kier alpha value is -1.14. The lowest BCUT2D eigenvalue weighted by Crippen LogP contribution is -2.14. The lowest BCUT2D eigenvalue weighted by Gasteiger charge is -2.07. The van der Waals surface area contributed by atoms with Gasteiger partial charge in [0.1, 0.15) is 12.4 Å². The molecule has 0 atom stereocenters. The highest BCUT2D eigenvalue weighted by Crippen LogP contribution is 2.11. The van der Waals surface area contributed by atoms with Crippen LogP contribution in [0.25, 0.3) is 0 Å². The van der Waals surface area contributed by atoms with E-state index in [1.807, 2.05) is 24.3 Å². The predicted molar refractivity (Wildman–Crippen MR) is 68.6 cm³/mol. The van der Waals surface area contributed by atoms with Crippen LogP contribution in [0.3, 0.4) is 0 Å². The Morgan fingerprint density at radius 2 is 1.50 bits per heavy atom. The second-order valence-electron chi connectivity index (χ2n) is 3.66. The van der Waals surface area contributed by atoms with Gasteiger partial charge in [-0.1, -0.05) is 12.1 Å². The van der Waals surface area contributed by atoms with E-state index in [1.165, 1.54) is 0 Å². The third kappa shape index (κ3) is 6.56. The van der Waals surface area contributed by atoms with Crippen molar-refractivity contribution >= 4 is 0 Å². The Morgan fingerprint density at radius 3 is 2.11 bits per heavy atom. The molecule has 5 nitrogen and oxygen atoms in total. The standard InChI is InChI=1S/C13H21NO4/c14-5-6-16-7-8-17-9-10-18-13-3-1-12(11-15)2-4-13/h1-4,15H,5-11,14H2. The van der Waals surface area contributed by atoms with E-state index in [9.17, 15) is 0 Å². The zero-order valence-electron chi connectivity index (χ0n) is 10.5. The van der Waals surface area contributed by atoms with Gasteiger partial charge in [-0.05, 0) is 17.7 Å². The van der Waals surface area contributed by atoms with Crippen LogP contribution in [0, 0.1) is 0 Å². The van der Waals surface area contributed by atoms with Crippen molar-refractivity contribution in [2.45, 2.75) is 6.61 Å². The molecule has 0 heterocycles.